The Kier molecular flexibility index (Phi) is 3.81. The van der Waals surface area contributed by atoms with Crippen molar-refractivity contribution in [3.8, 4) is 0 Å². The first kappa shape index (κ1) is 10.1. The number of allylic oxidation sites excluding steroid dienone is 5. The second kappa shape index (κ2) is 4.90. The van der Waals surface area contributed by atoms with Crippen molar-refractivity contribution in [2.75, 3.05) is 0 Å². The van der Waals surface area contributed by atoms with Crippen LogP contribution in [-0.4, -0.2) is 0 Å². The molecule has 1 nitrogen and oxygen atoms in total. The molecule has 1 atom stereocenters. The first-order valence-electron chi connectivity index (χ1n) is 5.03. The van der Waals surface area contributed by atoms with Crippen LogP contribution in [-0.2, 0) is 0 Å². The smallest absolute Gasteiger partial charge is 0.00595 e. The Morgan fingerprint density at radius 1 is 1.54 bits per heavy atom. The predicted octanol–water partition coefficient (Wildman–Crippen LogP) is 3.15. The van der Waals surface area contributed by atoms with E-state index in [1.807, 2.05) is 6.08 Å². The lowest BCUT2D eigenvalue weighted by molar-refractivity contribution is 0.555. The molecule has 0 spiro atoms. The quantitative estimate of drug-likeness (QED) is 0.689. The van der Waals surface area contributed by atoms with Crippen LogP contribution in [0.25, 0.3) is 0 Å². The SMILES string of the molecule is CCC1CCC(C)=CC=C1/C=C/N. The lowest BCUT2D eigenvalue weighted by Crippen LogP contribution is -2.00. The van der Waals surface area contributed by atoms with Crippen molar-refractivity contribution in [1.82, 2.24) is 0 Å². The van der Waals surface area contributed by atoms with Crippen LogP contribution in [0.1, 0.15) is 33.1 Å². The normalized spacial score (nSPS) is 24.0. The average Bonchev–Trinajstić information content (AvgIpc) is 2.30. The van der Waals surface area contributed by atoms with Gasteiger partial charge >= 0.3 is 0 Å². The van der Waals surface area contributed by atoms with Gasteiger partial charge in [0.1, 0.15) is 0 Å². The topological polar surface area (TPSA) is 26.0 Å². The Morgan fingerprint density at radius 2 is 2.31 bits per heavy atom. The molecule has 13 heavy (non-hydrogen) atoms. The van der Waals surface area contributed by atoms with E-state index in [2.05, 4.69) is 26.0 Å². The maximum absolute atomic E-state index is 5.42. The van der Waals surface area contributed by atoms with E-state index in [1.54, 1.807) is 6.20 Å². The van der Waals surface area contributed by atoms with E-state index in [4.69, 9.17) is 5.73 Å². The number of hydrogen-bond donors (Lipinski definition) is 1. The van der Waals surface area contributed by atoms with Gasteiger partial charge in [0.2, 0.25) is 0 Å². The minimum atomic E-state index is 0.688. The van der Waals surface area contributed by atoms with Crippen molar-refractivity contribution in [2.24, 2.45) is 11.7 Å². The molecular weight excluding hydrogens is 158 g/mol. The maximum atomic E-state index is 5.42. The van der Waals surface area contributed by atoms with Gasteiger partial charge in [0.25, 0.3) is 0 Å². The molecule has 0 aliphatic heterocycles. The molecule has 0 saturated heterocycles. The summed E-state index contributed by atoms with van der Waals surface area (Å²) in [4.78, 5) is 0. The molecule has 72 valence electrons. The minimum absolute atomic E-state index is 0.688. The fourth-order valence-corrected chi connectivity index (χ4v) is 1.77. The third-order valence-electron chi connectivity index (χ3n) is 2.70. The molecule has 0 aromatic rings. The summed E-state index contributed by atoms with van der Waals surface area (Å²) >= 11 is 0. The number of rotatable bonds is 2. The van der Waals surface area contributed by atoms with Crippen LogP contribution in [0.5, 0.6) is 0 Å². The molecule has 0 amide bonds. The summed E-state index contributed by atoms with van der Waals surface area (Å²) in [7, 11) is 0. The van der Waals surface area contributed by atoms with Gasteiger partial charge in [0, 0.05) is 0 Å². The number of hydrogen-bond acceptors (Lipinski definition) is 1. The van der Waals surface area contributed by atoms with E-state index < -0.39 is 0 Å². The van der Waals surface area contributed by atoms with E-state index in [-0.39, 0.29) is 0 Å². The molecule has 0 aromatic heterocycles. The van der Waals surface area contributed by atoms with Crippen molar-refractivity contribution in [3.63, 3.8) is 0 Å². The molecule has 1 rings (SSSR count). The van der Waals surface area contributed by atoms with Crippen molar-refractivity contribution in [1.29, 1.82) is 0 Å². The Balaban J connectivity index is 2.81. The van der Waals surface area contributed by atoms with Crippen molar-refractivity contribution < 1.29 is 0 Å². The second-order valence-corrected chi connectivity index (χ2v) is 3.68. The molecule has 2 N–H and O–H groups in total. The van der Waals surface area contributed by atoms with Gasteiger partial charge in [-0.3, -0.25) is 0 Å². The molecule has 1 aliphatic carbocycles. The van der Waals surface area contributed by atoms with Gasteiger partial charge < -0.3 is 5.73 Å². The van der Waals surface area contributed by atoms with E-state index in [1.165, 1.54) is 30.4 Å². The van der Waals surface area contributed by atoms with Crippen molar-refractivity contribution >= 4 is 0 Å². The highest BCUT2D eigenvalue weighted by Crippen LogP contribution is 2.26. The van der Waals surface area contributed by atoms with Crippen LogP contribution >= 0.6 is 0 Å². The van der Waals surface area contributed by atoms with Crippen LogP contribution < -0.4 is 5.73 Å². The Hall–Kier alpha value is -0.980. The van der Waals surface area contributed by atoms with Gasteiger partial charge in [0.15, 0.2) is 0 Å². The van der Waals surface area contributed by atoms with Gasteiger partial charge in [-0.1, -0.05) is 24.6 Å². The Morgan fingerprint density at radius 3 is 2.92 bits per heavy atom. The van der Waals surface area contributed by atoms with Crippen LogP contribution in [0.15, 0.2) is 35.6 Å². The summed E-state index contributed by atoms with van der Waals surface area (Å²) < 4.78 is 0. The van der Waals surface area contributed by atoms with Gasteiger partial charge in [-0.15, -0.1) is 0 Å². The lowest BCUT2D eigenvalue weighted by Gasteiger charge is -2.13. The molecular formula is C12H19N. The van der Waals surface area contributed by atoms with Gasteiger partial charge in [-0.2, -0.15) is 0 Å². The summed E-state index contributed by atoms with van der Waals surface area (Å²) in [6.45, 7) is 4.43. The predicted molar refractivity (Wildman–Crippen MR) is 58.2 cm³/mol. The molecule has 0 fully saturated rings. The van der Waals surface area contributed by atoms with E-state index in [0.717, 1.165) is 0 Å². The van der Waals surface area contributed by atoms with Crippen molar-refractivity contribution in [3.05, 3.63) is 35.6 Å². The highest BCUT2D eigenvalue weighted by molar-refractivity contribution is 5.29. The van der Waals surface area contributed by atoms with Crippen LogP contribution in [0.3, 0.4) is 0 Å². The monoisotopic (exact) mass is 177 g/mol. The maximum Gasteiger partial charge on any atom is -0.00595 e. The zero-order valence-electron chi connectivity index (χ0n) is 8.59. The molecule has 1 unspecified atom stereocenters. The molecule has 0 aromatic carbocycles. The van der Waals surface area contributed by atoms with Gasteiger partial charge in [-0.05, 0) is 50.0 Å². The standard InChI is InChI=1S/C12H19N/c1-3-11-6-4-10(2)5-7-12(11)8-9-13/h5,7-9,11H,3-4,6,13H2,1-2H3/b9-8+. The van der Waals surface area contributed by atoms with Crippen molar-refractivity contribution in [2.45, 2.75) is 33.1 Å². The Labute approximate surface area is 81.0 Å². The van der Waals surface area contributed by atoms with E-state index in [9.17, 15) is 0 Å². The molecule has 0 radical (unpaired) electrons. The van der Waals surface area contributed by atoms with E-state index in [0.29, 0.717) is 5.92 Å². The zero-order chi connectivity index (χ0) is 9.68. The summed E-state index contributed by atoms with van der Waals surface area (Å²) in [6, 6.07) is 0. The first-order valence-corrected chi connectivity index (χ1v) is 5.03. The van der Waals surface area contributed by atoms with E-state index >= 15 is 0 Å². The largest absolute Gasteiger partial charge is 0.405 e. The molecule has 0 bridgehead atoms. The molecule has 0 heterocycles. The lowest BCUT2D eigenvalue weighted by atomic mass is 9.92. The average molecular weight is 177 g/mol. The summed E-state index contributed by atoms with van der Waals surface area (Å²) in [5, 5.41) is 0. The van der Waals surface area contributed by atoms with Gasteiger partial charge in [-0.25, -0.2) is 0 Å². The second-order valence-electron chi connectivity index (χ2n) is 3.68. The third kappa shape index (κ3) is 2.76. The molecule has 0 saturated carbocycles. The summed E-state index contributed by atoms with van der Waals surface area (Å²) in [6.07, 6.45) is 11.8. The van der Waals surface area contributed by atoms with Crippen LogP contribution in [0.4, 0.5) is 0 Å². The molecule has 1 heteroatoms. The summed E-state index contributed by atoms with van der Waals surface area (Å²) in [5.74, 6) is 0.688. The Bertz CT molecular complexity index is 246. The van der Waals surface area contributed by atoms with Crippen LogP contribution in [0, 0.1) is 5.92 Å². The fraction of sp³-hybridized carbons (Fsp3) is 0.500. The van der Waals surface area contributed by atoms with Gasteiger partial charge in [0.05, 0.1) is 0 Å². The minimum Gasteiger partial charge on any atom is -0.405 e. The third-order valence-corrected chi connectivity index (χ3v) is 2.70. The summed E-state index contributed by atoms with van der Waals surface area (Å²) in [5.41, 5.74) is 8.27. The highest BCUT2D eigenvalue weighted by Gasteiger charge is 2.11. The number of nitrogens with two attached hydrogens (primary N) is 1. The van der Waals surface area contributed by atoms with Crippen LogP contribution in [0.2, 0.25) is 0 Å². The highest BCUT2D eigenvalue weighted by atomic mass is 14.5. The zero-order valence-corrected chi connectivity index (χ0v) is 8.59. The first-order chi connectivity index (χ1) is 6.27. The molecule has 1 aliphatic rings. The fourth-order valence-electron chi connectivity index (χ4n) is 1.77.